The third-order valence-corrected chi connectivity index (χ3v) is 3.63. The number of hydrogen-bond acceptors (Lipinski definition) is 7. The molecule has 2 heterocycles. The third-order valence-electron chi connectivity index (χ3n) is 3.63. The van der Waals surface area contributed by atoms with Crippen LogP contribution in [0.2, 0.25) is 0 Å². The first-order chi connectivity index (χ1) is 11.9. The molecule has 0 atom stereocenters. The Bertz CT molecular complexity index is 271. The molecule has 2 rings (SSSR count). The van der Waals surface area contributed by atoms with Gasteiger partial charge < -0.3 is 69.0 Å². The van der Waals surface area contributed by atoms with Gasteiger partial charge in [-0.15, -0.1) is 0 Å². The van der Waals surface area contributed by atoms with E-state index in [2.05, 4.69) is 9.80 Å². The van der Waals surface area contributed by atoms with Gasteiger partial charge in [0.15, 0.2) is 0 Å². The molecule has 0 saturated carbocycles. The monoisotopic (exact) mass is 382 g/mol. The molecule has 2 aliphatic rings. The summed E-state index contributed by atoms with van der Waals surface area (Å²) in [5.74, 6) is 0. The maximum atomic E-state index is 6.25. The van der Waals surface area contributed by atoms with Gasteiger partial charge in [-0.25, -0.2) is 0 Å². The molecule has 0 aromatic heterocycles. The summed E-state index contributed by atoms with van der Waals surface area (Å²) in [6.45, 7) is 31.8. The topological polar surface area (TPSA) is 125 Å². The average molecular weight is 382 g/mol. The first-order valence-corrected chi connectivity index (χ1v) is 7.52. The Labute approximate surface area is 164 Å². The summed E-state index contributed by atoms with van der Waals surface area (Å²) in [4.78, 5) is 5.30. The normalized spacial score (nSPS) is 15.3. The second-order valence-corrected chi connectivity index (χ2v) is 4.80. The maximum absolute atomic E-state index is 6.25. The van der Waals surface area contributed by atoms with Gasteiger partial charge in [0.1, 0.15) is 0 Å². The van der Waals surface area contributed by atoms with Gasteiger partial charge in [-0.2, -0.15) is 0 Å². The molecule has 2 aliphatic heterocycles. The Hall–Kier alpha value is -2.11. The van der Waals surface area contributed by atoms with Crippen molar-refractivity contribution in [2.24, 2.45) is 0 Å². The third kappa shape index (κ3) is 24.3. The Balaban J connectivity index is -0.000000105. The van der Waals surface area contributed by atoms with E-state index in [0.29, 0.717) is 0 Å². The SMILES string of the molecule is C1CCN(CCN2CCCCC2)CC1.[C-]#N.[C-]#N.[C-]#N.[C-]#N.[C-]#N.[Fe+5]. The van der Waals surface area contributed by atoms with E-state index in [1.165, 1.54) is 77.8 Å². The molecule has 2 saturated heterocycles. The van der Waals surface area contributed by atoms with Crippen LogP contribution >= 0.6 is 0 Å². The van der Waals surface area contributed by atoms with Crippen LogP contribution in [0.15, 0.2) is 0 Å². The summed E-state index contributed by atoms with van der Waals surface area (Å²) in [5.41, 5.74) is 0. The van der Waals surface area contributed by atoms with Crippen molar-refractivity contribution in [2.75, 3.05) is 39.3 Å². The van der Waals surface area contributed by atoms with E-state index in [4.69, 9.17) is 59.2 Å². The number of likely N-dealkylation sites (tertiary alicyclic amines) is 2. The zero-order valence-corrected chi connectivity index (χ0v) is 15.6. The molecule has 7 nitrogen and oxygen atoms in total. The average Bonchev–Trinajstić information content (AvgIpc) is 2.75. The van der Waals surface area contributed by atoms with Gasteiger partial charge in [0.25, 0.3) is 0 Å². The Morgan fingerprint density at radius 2 is 0.640 bits per heavy atom. The first kappa shape index (κ1) is 34.3. The summed E-state index contributed by atoms with van der Waals surface area (Å²) in [7, 11) is 0. The molecular formula is C17H24FeN7. The molecule has 0 aromatic carbocycles. The minimum atomic E-state index is 0. The van der Waals surface area contributed by atoms with E-state index in [-0.39, 0.29) is 17.1 Å². The fourth-order valence-corrected chi connectivity index (χ4v) is 2.65. The summed E-state index contributed by atoms with van der Waals surface area (Å²) in [5, 5.41) is 31.2. The number of nitrogens with zero attached hydrogens (tertiary/aromatic N) is 7. The number of piperidine rings is 2. The van der Waals surface area contributed by atoms with Gasteiger partial charge in [-0.3, -0.25) is 0 Å². The van der Waals surface area contributed by atoms with Gasteiger partial charge in [-0.1, -0.05) is 12.8 Å². The predicted molar refractivity (Wildman–Crippen MR) is 85.4 cm³/mol. The van der Waals surface area contributed by atoms with Gasteiger partial charge >= 0.3 is 17.1 Å². The summed E-state index contributed by atoms with van der Waals surface area (Å²) >= 11 is 0. The van der Waals surface area contributed by atoms with Crippen LogP contribution in [0.3, 0.4) is 0 Å². The van der Waals surface area contributed by atoms with E-state index in [1.54, 1.807) is 0 Å². The molecule has 135 valence electrons. The molecule has 0 aromatic rings. The number of hydrogen-bond donors (Lipinski definition) is 0. The zero-order chi connectivity index (χ0) is 19.6. The fraction of sp³-hybridized carbons (Fsp3) is 0.706. The van der Waals surface area contributed by atoms with E-state index < -0.39 is 0 Å². The largest absolute Gasteiger partial charge is 5.00 e. The zero-order valence-electron chi connectivity index (χ0n) is 14.5. The molecule has 0 amide bonds. The molecule has 0 unspecified atom stereocenters. The molecule has 25 heavy (non-hydrogen) atoms. The van der Waals surface area contributed by atoms with Gasteiger partial charge in [-0.05, 0) is 51.9 Å². The minimum absolute atomic E-state index is 0. The Kier molecular flexibility index (Phi) is 51.9. The predicted octanol–water partition coefficient (Wildman–Crippen LogP) is 2.44. The quantitative estimate of drug-likeness (QED) is 0.542. The van der Waals surface area contributed by atoms with Crippen molar-refractivity contribution < 1.29 is 17.1 Å². The molecule has 8 heteroatoms. The molecule has 0 spiro atoms. The fourth-order valence-electron chi connectivity index (χ4n) is 2.65. The molecular weight excluding hydrogens is 358 g/mol. The van der Waals surface area contributed by atoms with Crippen LogP contribution in [-0.4, -0.2) is 49.1 Å². The van der Waals surface area contributed by atoms with Gasteiger partial charge in [0, 0.05) is 13.1 Å². The second-order valence-electron chi connectivity index (χ2n) is 4.80. The van der Waals surface area contributed by atoms with Crippen molar-refractivity contribution in [3.05, 3.63) is 32.9 Å². The van der Waals surface area contributed by atoms with E-state index in [9.17, 15) is 0 Å². The Morgan fingerprint density at radius 3 is 0.840 bits per heavy atom. The minimum Gasteiger partial charge on any atom is -0.512 e. The molecule has 1 radical (unpaired) electrons. The van der Waals surface area contributed by atoms with Crippen LogP contribution in [0.25, 0.3) is 0 Å². The van der Waals surface area contributed by atoms with Crippen LogP contribution in [0.4, 0.5) is 0 Å². The van der Waals surface area contributed by atoms with Crippen molar-refractivity contribution in [2.45, 2.75) is 38.5 Å². The van der Waals surface area contributed by atoms with Gasteiger partial charge in [0.05, 0.1) is 0 Å². The molecule has 2 fully saturated rings. The summed E-state index contributed by atoms with van der Waals surface area (Å²) in [6, 6.07) is 0. The van der Waals surface area contributed by atoms with Crippen LogP contribution < -0.4 is 0 Å². The summed E-state index contributed by atoms with van der Waals surface area (Å²) < 4.78 is 0. The van der Waals surface area contributed by atoms with Crippen molar-refractivity contribution in [3.8, 4) is 0 Å². The van der Waals surface area contributed by atoms with Crippen molar-refractivity contribution in [3.63, 3.8) is 0 Å². The number of rotatable bonds is 3. The smallest absolute Gasteiger partial charge is 0.512 e. The molecule has 0 bridgehead atoms. The Morgan fingerprint density at radius 1 is 0.440 bits per heavy atom. The molecule has 0 N–H and O–H groups in total. The van der Waals surface area contributed by atoms with Crippen molar-refractivity contribution in [1.82, 2.24) is 9.80 Å². The second kappa shape index (κ2) is 37.8. The van der Waals surface area contributed by atoms with Gasteiger partial charge in [0.2, 0.25) is 0 Å². The van der Waals surface area contributed by atoms with Crippen LogP contribution in [0.5, 0.6) is 0 Å². The molecule has 0 aliphatic carbocycles. The summed E-state index contributed by atoms with van der Waals surface area (Å²) in [6.07, 6.45) is 8.64. The van der Waals surface area contributed by atoms with Crippen molar-refractivity contribution in [1.29, 1.82) is 26.3 Å². The standard InChI is InChI=1S/C12H24N2.5CN.Fe/c1-3-7-13(8-4-1)11-12-14-9-5-2-6-10-14;5*1-2;/h1-12H2;;;;;;/q;5*-1;+5. The van der Waals surface area contributed by atoms with Crippen molar-refractivity contribution >= 4 is 0 Å². The van der Waals surface area contributed by atoms with E-state index in [0.717, 1.165) is 0 Å². The van der Waals surface area contributed by atoms with E-state index >= 15 is 0 Å². The van der Waals surface area contributed by atoms with Crippen LogP contribution in [-0.2, 0) is 17.1 Å². The van der Waals surface area contributed by atoms with E-state index in [1.807, 2.05) is 0 Å². The van der Waals surface area contributed by atoms with Crippen LogP contribution in [0.1, 0.15) is 38.5 Å². The maximum Gasteiger partial charge on any atom is 5.00 e. The first-order valence-electron chi connectivity index (χ1n) is 7.52. The van der Waals surface area contributed by atoms with Crippen LogP contribution in [0, 0.1) is 59.2 Å².